The molecular weight excluding hydrogens is 308 g/mol. The Morgan fingerprint density at radius 3 is 2.84 bits per heavy atom. The molecule has 0 radical (unpaired) electrons. The lowest BCUT2D eigenvalue weighted by molar-refractivity contribution is 0.293. The van der Waals surface area contributed by atoms with Gasteiger partial charge in [-0.15, -0.1) is 0 Å². The quantitative estimate of drug-likeness (QED) is 0.919. The van der Waals surface area contributed by atoms with E-state index in [1.807, 2.05) is 30.3 Å². The summed E-state index contributed by atoms with van der Waals surface area (Å²) in [6.07, 6.45) is 1.69. The van der Waals surface area contributed by atoms with E-state index in [-0.39, 0.29) is 0 Å². The summed E-state index contributed by atoms with van der Waals surface area (Å²) in [5.74, 6) is 1.35. The summed E-state index contributed by atoms with van der Waals surface area (Å²) in [6, 6.07) is 9.53. The minimum absolute atomic E-state index is 0.405. The average molecular weight is 323 g/mol. The normalized spacial score (nSPS) is 10.3. The number of benzene rings is 1. The average Bonchev–Trinajstić information content (AvgIpc) is 2.46. The molecule has 100 valence electrons. The molecule has 0 saturated carbocycles. The minimum atomic E-state index is 0.405. The van der Waals surface area contributed by atoms with Gasteiger partial charge in [-0.3, -0.25) is 0 Å². The maximum Gasteiger partial charge on any atom is 0.219 e. The summed E-state index contributed by atoms with van der Waals surface area (Å²) in [7, 11) is 1.60. The summed E-state index contributed by atoms with van der Waals surface area (Å²) in [5.41, 5.74) is 7.57. The van der Waals surface area contributed by atoms with Crippen molar-refractivity contribution in [3.63, 3.8) is 0 Å². The molecule has 4 nitrogen and oxygen atoms in total. The molecule has 0 bridgehead atoms. The summed E-state index contributed by atoms with van der Waals surface area (Å²) in [6.45, 7) is 0.872. The van der Waals surface area contributed by atoms with Gasteiger partial charge in [-0.2, -0.15) is 0 Å². The topological polar surface area (TPSA) is 57.4 Å². The first-order chi connectivity index (χ1) is 9.24. The van der Waals surface area contributed by atoms with E-state index in [1.165, 1.54) is 0 Å². The smallest absolute Gasteiger partial charge is 0.219 e. The number of hydrogen-bond donors (Lipinski definition) is 1. The second-order valence-electron chi connectivity index (χ2n) is 3.92. The molecule has 5 heteroatoms. The van der Waals surface area contributed by atoms with Crippen molar-refractivity contribution in [1.82, 2.24) is 4.98 Å². The van der Waals surface area contributed by atoms with Crippen molar-refractivity contribution in [3.05, 3.63) is 52.1 Å². The first-order valence-electron chi connectivity index (χ1n) is 5.83. The molecule has 0 atom stereocenters. The standard InChI is InChI=1S/C14H15BrN2O2/c1-18-14-10(3-2-6-17-14)9-19-12-4-5-13(15)11(7-12)8-16/h2-7H,8-9,16H2,1H3. The van der Waals surface area contributed by atoms with E-state index in [0.717, 1.165) is 21.3 Å². The van der Waals surface area contributed by atoms with Gasteiger partial charge in [-0.25, -0.2) is 4.98 Å². The molecule has 0 unspecified atom stereocenters. The van der Waals surface area contributed by atoms with Gasteiger partial charge < -0.3 is 15.2 Å². The van der Waals surface area contributed by atoms with Crippen LogP contribution in [0.5, 0.6) is 11.6 Å². The lowest BCUT2D eigenvalue weighted by Gasteiger charge is -2.10. The van der Waals surface area contributed by atoms with Crippen molar-refractivity contribution in [2.75, 3.05) is 7.11 Å². The lowest BCUT2D eigenvalue weighted by Crippen LogP contribution is -2.02. The van der Waals surface area contributed by atoms with E-state index in [9.17, 15) is 0 Å². The molecule has 2 rings (SSSR count). The largest absolute Gasteiger partial charge is 0.489 e. The Labute approximate surface area is 120 Å². The van der Waals surface area contributed by atoms with Gasteiger partial charge in [0.1, 0.15) is 12.4 Å². The number of nitrogens with two attached hydrogens (primary N) is 1. The number of halogens is 1. The van der Waals surface area contributed by atoms with Gasteiger partial charge in [0.2, 0.25) is 5.88 Å². The molecule has 0 saturated heterocycles. The second kappa shape index (κ2) is 6.54. The van der Waals surface area contributed by atoms with Crippen LogP contribution in [0.3, 0.4) is 0 Å². The van der Waals surface area contributed by atoms with Crippen molar-refractivity contribution >= 4 is 15.9 Å². The number of hydrogen-bond acceptors (Lipinski definition) is 4. The molecule has 1 aromatic heterocycles. The summed E-state index contributed by atoms with van der Waals surface area (Å²) < 4.78 is 11.9. The molecule has 2 N–H and O–H groups in total. The van der Waals surface area contributed by atoms with Crippen molar-refractivity contribution in [1.29, 1.82) is 0 Å². The molecule has 2 aromatic rings. The van der Waals surface area contributed by atoms with Crippen LogP contribution in [0.4, 0.5) is 0 Å². The zero-order chi connectivity index (χ0) is 13.7. The Balaban J connectivity index is 2.10. The predicted octanol–water partition coefficient (Wildman–Crippen LogP) is 2.89. The van der Waals surface area contributed by atoms with Gasteiger partial charge in [0, 0.05) is 17.2 Å². The Bertz CT molecular complexity index is 561. The fourth-order valence-corrected chi connectivity index (χ4v) is 2.08. The van der Waals surface area contributed by atoms with Crippen LogP contribution < -0.4 is 15.2 Å². The lowest BCUT2D eigenvalue weighted by atomic mass is 10.2. The second-order valence-corrected chi connectivity index (χ2v) is 4.77. The highest BCUT2D eigenvalue weighted by Gasteiger charge is 2.05. The van der Waals surface area contributed by atoms with Crippen LogP contribution in [0.25, 0.3) is 0 Å². The van der Waals surface area contributed by atoms with Crippen molar-refractivity contribution in [2.45, 2.75) is 13.2 Å². The van der Waals surface area contributed by atoms with E-state index in [4.69, 9.17) is 15.2 Å². The van der Waals surface area contributed by atoms with Crippen LogP contribution in [0.2, 0.25) is 0 Å². The van der Waals surface area contributed by atoms with Crippen molar-refractivity contribution < 1.29 is 9.47 Å². The number of ether oxygens (including phenoxy) is 2. The number of pyridine rings is 1. The predicted molar refractivity (Wildman–Crippen MR) is 77.2 cm³/mol. The maximum atomic E-state index is 5.74. The third kappa shape index (κ3) is 3.45. The molecule has 0 aliphatic rings. The minimum Gasteiger partial charge on any atom is -0.489 e. The van der Waals surface area contributed by atoms with Gasteiger partial charge in [-0.05, 0) is 35.9 Å². The van der Waals surface area contributed by atoms with Crippen LogP contribution in [0.1, 0.15) is 11.1 Å². The van der Waals surface area contributed by atoms with E-state index in [0.29, 0.717) is 19.0 Å². The van der Waals surface area contributed by atoms with Crippen LogP contribution in [0, 0.1) is 0 Å². The van der Waals surface area contributed by atoms with Crippen LogP contribution in [-0.2, 0) is 13.2 Å². The Morgan fingerprint density at radius 1 is 1.26 bits per heavy atom. The van der Waals surface area contributed by atoms with Crippen LogP contribution >= 0.6 is 15.9 Å². The van der Waals surface area contributed by atoms with Crippen molar-refractivity contribution in [2.24, 2.45) is 5.73 Å². The summed E-state index contributed by atoms with van der Waals surface area (Å²) in [4.78, 5) is 4.13. The monoisotopic (exact) mass is 322 g/mol. The van der Waals surface area contributed by atoms with Gasteiger partial charge in [0.05, 0.1) is 12.7 Å². The molecule has 0 amide bonds. The van der Waals surface area contributed by atoms with Crippen molar-refractivity contribution in [3.8, 4) is 11.6 Å². The van der Waals surface area contributed by atoms with E-state index in [1.54, 1.807) is 13.3 Å². The zero-order valence-electron chi connectivity index (χ0n) is 10.6. The SMILES string of the molecule is COc1ncccc1COc1ccc(Br)c(CN)c1. The fraction of sp³-hybridized carbons (Fsp3) is 0.214. The van der Waals surface area contributed by atoms with E-state index < -0.39 is 0 Å². The summed E-state index contributed by atoms with van der Waals surface area (Å²) in [5, 5.41) is 0. The van der Waals surface area contributed by atoms with Gasteiger partial charge in [-0.1, -0.05) is 15.9 Å². The molecule has 19 heavy (non-hydrogen) atoms. The van der Waals surface area contributed by atoms with Crippen LogP contribution in [-0.4, -0.2) is 12.1 Å². The van der Waals surface area contributed by atoms with Crippen LogP contribution in [0.15, 0.2) is 41.0 Å². The van der Waals surface area contributed by atoms with E-state index >= 15 is 0 Å². The van der Waals surface area contributed by atoms with Gasteiger partial charge in [0.25, 0.3) is 0 Å². The first kappa shape index (κ1) is 13.8. The highest BCUT2D eigenvalue weighted by atomic mass is 79.9. The molecule has 1 heterocycles. The highest BCUT2D eigenvalue weighted by Crippen LogP contribution is 2.24. The van der Waals surface area contributed by atoms with Gasteiger partial charge in [0.15, 0.2) is 0 Å². The molecule has 0 aliphatic carbocycles. The molecular formula is C14H15BrN2O2. The first-order valence-corrected chi connectivity index (χ1v) is 6.63. The number of methoxy groups -OCH3 is 1. The third-order valence-corrected chi connectivity index (χ3v) is 3.45. The number of aromatic nitrogens is 1. The number of rotatable bonds is 5. The highest BCUT2D eigenvalue weighted by molar-refractivity contribution is 9.10. The Hall–Kier alpha value is -1.59. The molecule has 1 aromatic carbocycles. The Kier molecular flexibility index (Phi) is 4.76. The third-order valence-electron chi connectivity index (χ3n) is 2.67. The van der Waals surface area contributed by atoms with Gasteiger partial charge >= 0.3 is 0 Å². The Morgan fingerprint density at radius 2 is 2.11 bits per heavy atom. The summed E-state index contributed by atoms with van der Waals surface area (Å²) >= 11 is 3.44. The zero-order valence-corrected chi connectivity index (χ0v) is 12.2. The number of nitrogens with zero attached hydrogens (tertiary/aromatic N) is 1. The molecule has 0 aliphatic heterocycles. The molecule has 0 fully saturated rings. The molecule has 0 spiro atoms. The fourth-order valence-electron chi connectivity index (χ4n) is 1.68. The van der Waals surface area contributed by atoms with E-state index in [2.05, 4.69) is 20.9 Å². The maximum absolute atomic E-state index is 5.74.